The lowest BCUT2D eigenvalue weighted by atomic mass is 10.2. The van der Waals surface area contributed by atoms with Gasteiger partial charge in [-0.2, -0.15) is 0 Å². The zero-order chi connectivity index (χ0) is 13.7. The number of hydrogen-bond acceptors (Lipinski definition) is 6. The molecule has 0 aliphatic carbocycles. The van der Waals surface area contributed by atoms with Gasteiger partial charge in [-0.05, 0) is 22.4 Å². The molecular formula is C11H14N6O2. The average Bonchev–Trinajstić information content (AvgIpc) is 2.85. The summed E-state index contributed by atoms with van der Waals surface area (Å²) < 4.78 is 1.69. The van der Waals surface area contributed by atoms with Gasteiger partial charge in [0, 0.05) is 25.2 Å². The van der Waals surface area contributed by atoms with Crippen LogP contribution >= 0.6 is 0 Å². The number of aryl methyl sites for hydroxylation is 1. The number of benzene rings is 1. The zero-order valence-electron chi connectivity index (χ0n) is 10.5. The second-order valence-electron chi connectivity index (χ2n) is 4.00. The van der Waals surface area contributed by atoms with Crippen LogP contribution < -0.4 is 5.32 Å². The molecule has 1 aromatic carbocycles. The van der Waals surface area contributed by atoms with E-state index >= 15 is 0 Å². The molecule has 0 radical (unpaired) electrons. The van der Waals surface area contributed by atoms with Gasteiger partial charge in [0.15, 0.2) is 0 Å². The van der Waals surface area contributed by atoms with Crippen LogP contribution in [0.1, 0.15) is 18.9 Å². The van der Waals surface area contributed by atoms with Crippen molar-refractivity contribution in [3.05, 3.63) is 39.9 Å². The van der Waals surface area contributed by atoms with Crippen LogP contribution in [0.15, 0.2) is 24.3 Å². The van der Waals surface area contributed by atoms with Gasteiger partial charge < -0.3 is 5.32 Å². The van der Waals surface area contributed by atoms with Gasteiger partial charge >= 0.3 is 0 Å². The highest BCUT2D eigenvalue weighted by molar-refractivity contribution is 5.34. The van der Waals surface area contributed by atoms with Gasteiger partial charge in [-0.15, -0.1) is 0 Å². The zero-order valence-corrected chi connectivity index (χ0v) is 10.5. The molecule has 19 heavy (non-hydrogen) atoms. The molecule has 2 aromatic rings. The second-order valence-corrected chi connectivity index (χ2v) is 4.00. The van der Waals surface area contributed by atoms with Crippen LogP contribution in [-0.4, -0.2) is 25.1 Å². The fraction of sp³-hybridized carbons (Fsp3) is 0.364. The van der Waals surface area contributed by atoms with E-state index < -0.39 is 4.92 Å². The molecule has 0 atom stereocenters. The van der Waals surface area contributed by atoms with Crippen LogP contribution in [-0.2, 0) is 13.1 Å². The Morgan fingerprint density at radius 2 is 2.11 bits per heavy atom. The van der Waals surface area contributed by atoms with Crippen molar-refractivity contribution in [3.63, 3.8) is 0 Å². The van der Waals surface area contributed by atoms with Crippen molar-refractivity contribution in [2.24, 2.45) is 0 Å². The predicted octanol–water partition coefficient (Wildman–Crippen LogP) is 1.60. The molecule has 0 unspecified atom stereocenters. The van der Waals surface area contributed by atoms with E-state index in [1.165, 1.54) is 12.1 Å². The summed E-state index contributed by atoms with van der Waals surface area (Å²) in [4.78, 5) is 10.1. The van der Waals surface area contributed by atoms with E-state index in [-0.39, 0.29) is 5.69 Å². The van der Waals surface area contributed by atoms with E-state index in [0.29, 0.717) is 12.5 Å². The van der Waals surface area contributed by atoms with Crippen molar-refractivity contribution in [3.8, 4) is 0 Å². The van der Waals surface area contributed by atoms with Crippen molar-refractivity contribution in [1.29, 1.82) is 0 Å². The molecule has 2 rings (SSSR count). The molecule has 8 nitrogen and oxygen atoms in total. The SMILES string of the molecule is CCCn1nnnc1NCc1ccc([N+](=O)[O-])cc1. The Morgan fingerprint density at radius 3 is 2.74 bits per heavy atom. The summed E-state index contributed by atoms with van der Waals surface area (Å²) in [5.74, 6) is 0.597. The summed E-state index contributed by atoms with van der Waals surface area (Å²) in [7, 11) is 0. The molecule has 0 amide bonds. The van der Waals surface area contributed by atoms with Gasteiger partial charge in [0.2, 0.25) is 5.95 Å². The van der Waals surface area contributed by atoms with Crippen molar-refractivity contribution in [2.45, 2.75) is 26.4 Å². The molecule has 0 bridgehead atoms. The summed E-state index contributed by atoms with van der Waals surface area (Å²) in [5.41, 5.74) is 1.01. The molecule has 0 spiro atoms. The molecular weight excluding hydrogens is 248 g/mol. The van der Waals surface area contributed by atoms with Crippen LogP contribution in [0.3, 0.4) is 0 Å². The van der Waals surface area contributed by atoms with E-state index in [1.54, 1.807) is 16.8 Å². The highest BCUT2D eigenvalue weighted by atomic mass is 16.6. The van der Waals surface area contributed by atoms with Gasteiger partial charge in [-0.25, -0.2) is 4.68 Å². The average molecular weight is 262 g/mol. The summed E-state index contributed by atoms with van der Waals surface area (Å²) in [6.07, 6.45) is 0.942. The van der Waals surface area contributed by atoms with Crippen molar-refractivity contribution in [2.75, 3.05) is 5.32 Å². The van der Waals surface area contributed by atoms with Crippen LogP contribution in [0.2, 0.25) is 0 Å². The lowest BCUT2D eigenvalue weighted by molar-refractivity contribution is -0.384. The van der Waals surface area contributed by atoms with Crippen LogP contribution in [0, 0.1) is 10.1 Å². The number of nitrogens with zero attached hydrogens (tertiary/aromatic N) is 5. The van der Waals surface area contributed by atoms with E-state index in [2.05, 4.69) is 20.8 Å². The molecule has 8 heteroatoms. The Hall–Kier alpha value is -2.51. The first-order valence-corrected chi connectivity index (χ1v) is 5.94. The summed E-state index contributed by atoms with van der Waals surface area (Å²) in [5, 5.41) is 25.0. The molecule has 1 N–H and O–H groups in total. The Balaban J connectivity index is 1.98. The first-order chi connectivity index (χ1) is 9.20. The minimum absolute atomic E-state index is 0.0829. The quantitative estimate of drug-likeness (QED) is 0.627. The third kappa shape index (κ3) is 3.24. The summed E-state index contributed by atoms with van der Waals surface area (Å²) in [6.45, 7) is 3.31. The first kappa shape index (κ1) is 12.9. The minimum atomic E-state index is -0.418. The number of aromatic nitrogens is 4. The van der Waals surface area contributed by atoms with Crippen molar-refractivity contribution in [1.82, 2.24) is 20.2 Å². The number of rotatable bonds is 6. The number of non-ortho nitro benzene ring substituents is 1. The fourth-order valence-corrected chi connectivity index (χ4v) is 1.61. The lowest BCUT2D eigenvalue weighted by Crippen LogP contribution is -2.08. The Morgan fingerprint density at radius 1 is 1.37 bits per heavy atom. The Bertz CT molecular complexity index is 551. The second kappa shape index (κ2) is 5.89. The smallest absolute Gasteiger partial charge is 0.269 e. The highest BCUT2D eigenvalue weighted by Gasteiger charge is 2.06. The number of nitrogens with one attached hydrogen (secondary N) is 1. The summed E-state index contributed by atoms with van der Waals surface area (Å²) >= 11 is 0. The third-order valence-corrected chi connectivity index (χ3v) is 2.57. The standard InChI is InChI=1S/C11H14N6O2/c1-2-7-16-11(13-14-15-16)12-8-9-3-5-10(6-4-9)17(18)19/h3-6H,2,7-8H2,1H3,(H,12,13,15). The fourth-order valence-electron chi connectivity index (χ4n) is 1.61. The monoisotopic (exact) mass is 262 g/mol. The number of hydrogen-bond donors (Lipinski definition) is 1. The molecule has 0 aliphatic rings. The maximum atomic E-state index is 10.5. The van der Waals surface area contributed by atoms with E-state index in [0.717, 1.165) is 18.5 Å². The molecule has 0 saturated carbocycles. The van der Waals surface area contributed by atoms with Gasteiger partial charge in [0.05, 0.1) is 4.92 Å². The van der Waals surface area contributed by atoms with E-state index in [9.17, 15) is 10.1 Å². The maximum absolute atomic E-state index is 10.5. The molecule has 1 aromatic heterocycles. The molecule has 0 aliphatic heterocycles. The predicted molar refractivity (Wildman–Crippen MR) is 68.5 cm³/mol. The topological polar surface area (TPSA) is 98.8 Å². The van der Waals surface area contributed by atoms with Gasteiger partial charge in [-0.3, -0.25) is 10.1 Å². The Kier molecular flexibility index (Phi) is 4.01. The minimum Gasteiger partial charge on any atom is -0.349 e. The van der Waals surface area contributed by atoms with Gasteiger partial charge in [-0.1, -0.05) is 24.2 Å². The summed E-state index contributed by atoms with van der Waals surface area (Å²) in [6, 6.07) is 6.37. The van der Waals surface area contributed by atoms with Crippen LogP contribution in [0.25, 0.3) is 0 Å². The lowest BCUT2D eigenvalue weighted by Gasteiger charge is -2.05. The normalized spacial score (nSPS) is 10.4. The maximum Gasteiger partial charge on any atom is 0.269 e. The molecule has 100 valence electrons. The first-order valence-electron chi connectivity index (χ1n) is 5.94. The van der Waals surface area contributed by atoms with E-state index in [4.69, 9.17) is 0 Å². The number of nitro benzene ring substituents is 1. The number of tetrazole rings is 1. The highest BCUT2D eigenvalue weighted by Crippen LogP contribution is 2.12. The molecule has 0 saturated heterocycles. The van der Waals surface area contributed by atoms with Gasteiger partial charge in [0.1, 0.15) is 0 Å². The largest absolute Gasteiger partial charge is 0.349 e. The van der Waals surface area contributed by atoms with Crippen LogP contribution in [0.5, 0.6) is 0 Å². The Labute approximate surface area is 109 Å². The number of nitro groups is 1. The van der Waals surface area contributed by atoms with Gasteiger partial charge in [0.25, 0.3) is 5.69 Å². The third-order valence-electron chi connectivity index (χ3n) is 2.57. The van der Waals surface area contributed by atoms with Crippen molar-refractivity contribution >= 4 is 11.6 Å². The van der Waals surface area contributed by atoms with Crippen molar-refractivity contribution < 1.29 is 4.92 Å². The number of anilines is 1. The molecule has 0 fully saturated rings. The molecule has 1 heterocycles. The van der Waals surface area contributed by atoms with E-state index in [1.807, 2.05) is 6.92 Å². The van der Waals surface area contributed by atoms with Crippen LogP contribution in [0.4, 0.5) is 11.6 Å².